The van der Waals surface area contributed by atoms with Gasteiger partial charge in [0.05, 0.1) is 20.3 Å². The van der Waals surface area contributed by atoms with Crippen LogP contribution >= 0.6 is 12.4 Å². The predicted octanol–water partition coefficient (Wildman–Crippen LogP) is 1.48. The molecule has 126 valence electrons. The predicted molar refractivity (Wildman–Crippen MR) is 88.5 cm³/mol. The summed E-state index contributed by atoms with van der Waals surface area (Å²) < 4.78 is 15.6. The summed E-state index contributed by atoms with van der Waals surface area (Å²) in [6.07, 6.45) is 0. The molecule has 6 nitrogen and oxygen atoms in total. The molecule has 0 atom stereocenters. The summed E-state index contributed by atoms with van der Waals surface area (Å²) in [6, 6.07) is 5.15. The summed E-state index contributed by atoms with van der Waals surface area (Å²) in [5.74, 6) is 1.06. The van der Waals surface area contributed by atoms with Gasteiger partial charge in [0.1, 0.15) is 0 Å². The van der Waals surface area contributed by atoms with E-state index < -0.39 is 0 Å². The number of halogens is 1. The van der Waals surface area contributed by atoms with E-state index in [9.17, 15) is 4.79 Å². The van der Waals surface area contributed by atoms with Crippen LogP contribution in [0.15, 0.2) is 18.2 Å². The van der Waals surface area contributed by atoms with Crippen LogP contribution in [0.25, 0.3) is 0 Å². The van der Waals surface area contributed by atoms with Crippen LogP contribution < -0.4 is 20.1 Å². The van der Waals surface area contributed by atoms with E-state index in [4.69, 9.17) is 14.2 Å². The Kier molecular flexibility index (Phi) is 11.3. The molecule has 0 heterocycles. The topological polar surface area (TPSA) is 68.8 Å². The zero-order valence-corrected chi connectivity index (χ0v) is 14.1. The highest BCUT2D eigenvalue weighted by atomic mass is 35.5. The maximum atomic E-state index is 12.0. The van der Waals surface area contributed by atoms with E-state index in [1.807, 2.05) is 6.92 Å². The van der Waals surface area contributed by atoms with Crippen molar-refractivity contribution in [2.45, 2.75) is 6.92 Å². The molecule has 0 bridgehead atoms. The van der Waals surface area contributed by atoms with Crippen molar-refractivity contribution in [2.24, 2.45) is 0 Å². The first-order chi connectivity index (χ1) is 10.2. The van der Waals surface area contributed by atoms with Gasteiger partial charge in [0.25, 0.3) is 5.91 Å². The first kappa shape index (κ1) is 20.5. The van der Waals surface area contributed by atoms with Gasteiger partial charge >= 0.3 is 0 Å². The number of nitrogens with one attached hydrogen (secondary N) is 2. The van der Waals surface area contributed by atoms with Gasteiger partial charge in [0.2, 0.25) is 0 Å². The molecule has 0 radical (unpaired) electrons. The van der Waals surface area contributed by atoms with Crippen molar-refractivity contribution in [1.29, 1.82) is 0 Å². The molecular formula is C15H25ClN2O4. The van der Waals surface area contributed by atoms with Gasteiger partial charge in [0.15, 0.2) is 11.5 Å². The van der Waals surface area contributed by atoms with E-state index in [-0.39, 0.29) is 18.3 Å². The molecule has 22 heavy (non-hydrogen) atoms. The first-order valence-electron chi connectivity index (χ1n) is 7.01. The third-order valence-electron chi connectivity index (χ3n) is 2.80. The zero-order valence-electron chi connectivity index (χ0n) is 13.3. The van der Waals surface area contributed by atoms with Gasteiger partial charge in [-0.15, -0.1) is 12.4 Å². The SMILES string of the molecule is CCOc1ccc(C(=O)NCCNCCOC)cc1OC.Cl. The number of carbonyl (C=O) groups excluding carboxylic acids is 1. The third-order valence-corrected chi connectivity index (χ3v) is 2.80. The number of rotatable bonds is 10. The summed E-state index contributed by atoms with van der Waals surface area (Å²) in [6.45, 7) is 5.13. The molecule has 0 aromatic heterocycles. The van der Waals surface area contributed by atoms with Gasteiger partial charge in [0, 0.05) is 32.3 Å². The number of amides is 1. The van der Waals surface area contributed by atoms with Crippen molar-refractivity contribution in [2.75, 3.05) is 47.1 Å². The van der Waals surface area contributed by atoms with Gasteiger partial charge in [-0.25, -0.2) is 0 Å². The minimum absolute atomic E-state index is 0. The van der Waals surface area contributed by atoms with E-state index in [2.05, 4.69) is 10.6 Å². The summed E-state index contributed by atoms with van der Waals surface area (Å²) in [4.78, 5) is 12.0. The van der Waals surface area contributed by atoms with E-state index in [1.54, 1.807) is 32.4 Å². The molecule has 0 unspecified atom stereocenters. The van der Waals surface area contributed by atoms with Gasteiger partial charge in [-0.05, 0) is 25.1 Å². The molecule has 7 heteroatoms. The van der Waals surface area contributed by atoms with Crippen LogP contribution in [0.4, 0.5) is 0 Å². The number of ether oxygens (including phenoxy) is 3. The molecule has 1 rings (SSSR count). The fourth-order valence-corrected chi connectivity index (χ4v) is 1.75. The Morgan fingerprint density at radius 1 is 1.14 bits per heavy atom. The minimum atomic E-state index is -0.134. The standard InChI is InChI=1S/C15H24N2O4.ClH/c1-4-21-13-6-5-12(11-14(13)20-3)15(18)17-8-7-16-9-10-19-2;/h5-6,11,16H,4,7-10H2,1-3H3,(H,17,18);1H. The van der Waals surface area contributed by atoms with E-state index >= 15 is 0 Å². The lowest BCUT2D eigenvalue weighted by molar-refractivity contribution is 0.0953. The number of hydrogen-bond acceptors (Lipinski definition) is 5. The molecule has 0 aliphatic heterocycles. The second kappa shape index (κ2) is 12.1. The highest BCUT2D eigenvalue weighted by molar-refractivity contribution is 5.94. The van der Waals surface area contributed by atoms with E-state index in [0.717, 1.165) is 6.54 Å². The minimum Gasteiger partial charge on any atom is -0.493 e. The lowest BCUT2D eigenvalue weighted by Crippen LogP contribution is -2.33. The zero-order chi connectivity index (χ0) is 15.5. The molecule has 0 aliphatic carbocycles. The molecule has 1 amide bonds. The normalized spacial score (nSPS) is 9.77. The average molecular weight is 333 g/mol. The summed E-state index contributed by atoms with van der Waals surface area (Å²) in [5, 5.41) is 6.00. The smallest absolute Gasteiger partial charge is 0.251 e. The Hall–Kier alpha value is -1.50. The van der Waals surface area contributed by atoms with Crippen molar-refractivity contribution in [3.05, 3.63) is 23.8 Å². The molecule has 0 saturated heterocycles. The van der Waals surface area contributed by atoms with Gasteiger partial charge < -0.3 is 24.8 Å². The maximum Gasteiger partial charge on any atom is 0.251 e. The Morgan fingerprint density at radius 2 is 1.91 bits per heavy atom. The summed E-state index contributed by atoms with van der Waals surface area (Å²) in [5.41, 5.74) is 0.548. The van der Waals surface area contributed by atoms with Crippen molar-refractivity contribution in [1.82, 2.24) is 10.6 Å². The molecule has 0 saturated carbocycles. The Bertz CT molecular complexity index is 444. The number of carbonyl (C=O) groups is 1. The van der Waals surface area contributed by atoms with Gasteiger partial charge in [-0.3, -0.25) is 4.79 Å². The molecular weight excluding hydrogens is 308 g/mol. The van der Waals surface area contributed by atoms with Crippen molar-refractivity contribution < 1.29 is 19.0 Å². The lowest BCUT2D eigenvalue weighted by Gasteiger charge is -2.11. The highest BCUT2D eigenvalue weighted by Gasteiger charge is 2.10. The van der Waals surface area contributed by atoms with Crippen LogP contribution in [0.5, 0.6) is 11.5 Å². The fourth-order valence-electron chi connectivity index (χ4n) is 1.75. The van der Waals surface area contributed by atoms with Crippen LogP contribution in [0.1, 0.15) is 17.3 Å². The largest absolute Gasteiger partial charge is 0.493 e. The summed E-state index contributed by atoms with van der Waals surface area (Å²) >= 11 is 0. The van der Waals surface area contributed by atoms with Crippen LogP contribution in [0.3, 0.4) is 0 Å². The highest BCUT2D eigenvalue weighted by Crippen LogP contribution is 2.27. The quantitative estimate of drug-likeness (QED) is 0.635. The molecule has 0 aliphatic rings. The summed E-state index contributed by atoms with van der Waals surface area (Å²) in [7, 11) is 3.21. The van der Waals surface area contributed by atoms with Crippen LogP contribution in [0.2, 0.25) is 0 Å². The Morgan fingerprint density at radius 3 is 2.55 bits per heavy atom. The molecule has 0 spiro atoms. The van der Waals surface area contributed by atoms with Crippen LogP contribution in [-0.2, 0) is 4.74 Å². The van der Waals surface area contributed by atoms with Gasteiger partial charge in [-0.2, -0.15) is 0 Å². The Balaban J connectivity index is 0.00000441. The molecule has 0 fully saturated rings. The Labute approximate surface area is 137 Å². The molecule has 1 aromatic rings. The molecule has 2 N–H and O–H groups in total. The first-order valence-corrected chi connectivity index (χ1v) is 7.01. The van der Waals surface area contributed by atoms with Crippen molar-refractivity contribution in [3.8, 4) is 11.5 Å². The number of methoxy groups -OCH3 is 2. The maximum absolute atomic E-state index is 12.0. The monoisotopic (exact) mass is 332 g/mol. The number of benzene rings is 1. The lowest BCUT2D eigenvalue weighted by atomic mass is 10.2. The van der Waals surface area contributed by atoms with Gasteiger partial charge in [-0.1, -0.05) is 0 Å². The van der Waals surface area contributed by atoms with Crippen LogP contribution in [-0.4, -0.2) is 53.0 Å². The molecule has 1 aromatic carbocycles. The fraction of sp³-hybridized carbons (Fsp3) is 0.533. The second-order valence-electron chi connectivity index (χ2n) is 4.30. The average Bonchev–Trinajstić information content (AvgIpc) is 2.51. The number of hydrogen-bond donors (Lipinski definition) is 2. The second-order valence-corrected chi connectivity index (χ2v) is 4.30. The van der Waals surface area contributed by atoms with Crippen molar-refractivity contribution >= 4 is 18.3 Å². The van der Waals surface area contributed by atoms with Crippen LogP contribution in [0, 0.1) is 0 Å². The third kappa shape index (κ3) is 6.98. The van der Waals surface area contributed by atoms with Crippen molar-refractivity contribution in [3.63, 3.8) is 0 Å². The van der Waals surface area contributed by atoms with E-state index in [1.165, 1.54) is 0 Å². The van der Waals surface area contributed by atoms with E-state index in [0.29, 0.717) is 43.4 Å².